The molecule has 0 spiro atoms. The molecule has 2 aromatic carbocycles. The minimum absolute atomic E-state index is 0.540. The number of fused-ring (bicyclic) bond motifs is 1. The van der Waals surface area contributed by atoms with E-state index in [2.05, 4.69) is 14.7 Å². The second-order valence-corrected chi connectivity index (χ2v) is 5.30. The normalized spacial score (nSPS) is 12.0. The predicted octanol–water partition coefficient (Wildman–Crippen LogP) is 3.01. The van der Waals surface area contributed by atoms with Gasteiger partial charge in [0.15, 0.2) is 0 Å². The standard InChI is InChI=1S/C15H13N3O2S/c1-11-5-7-12(8-6-11)20-21(19)18-14-4-2-3-13-15(14)17-10-9-16-13/h2-10,18H,1H3/t21-/m0/s1. The van der Waals surface area contributed by atoms with E-state index < -0.39 is 11.3 Å². The van der Waals surface area contributed by atoms with Gasteiger partial charge in [0.05, 0.1) is 11.2 Å². The maximum atomic E-state index is 12.0. The molecule has 1 N–H and O–H groups in total. The van der Waals surface area contributed by atoms with Gasteiger partial charge in [-0.3, -0.25) is 14.7 Å². The molecular weight excluding hydrogens is 286 g/mol. The van der Waals surface area contributed by atoms with Gasteiger partial charge in [-0.05, 0) is 31.2 Å². The molecule has 0 aliphatic rings. The lowest BCUT2D eigenvalue weighted by Crippen LogP contribution is -2.11. The van der Waals surface area contributed by atoms with Crippen molar-refractivity contribution in [3.63, 3.8) is 0 Å². The van der Waals surface area contributed by atoms with E-state index in [9.17, 15) is 4.21 Å². The Hall–Kier alpha value is -2.47. The SMILES string of the molecule is Cc1ccc(O[S@](=O)Nc2cccc3nccnc23)cc1. The first-order valence-corrected chi connectivity index (χ1v) is 7.43. The van der Waals surface area contributed by atoms with Crippen molar-refractivity contribution in [2.45, 2.75) is 6.92 Å². The minimum atomic E-state index is -1.70. The number of nitrogens with one attached hydrogen (secondary N) is 1. The number of hydrogen-bond donors (Lipinski definition) is 1. The summed E-state index contributed by atoms with van der Waals surface area (Å²) in [5, 5.41) is 0. The van der Waals surface area contributed by atoms with Gasteiger partial charge in [0.1, 0.15) is 11.3 Å². The Balaban J connectivity index is 1.79. The Bertz CT molecular complexity index is 785. The highest BCUT2D eigenvalue weighted by Crippen LogP contribution is 2.20. The van der Waals surface area contributed by atoms with E-state index in [1.165, 1.54) is 0 Å². The highest BCUT2D eigenvalue weighted by atomic mass is 32.2. The molecule has 6 heteroatoms. The van der Waals surface area contributed by atoms with Gasteiger partial charge in [-0.1, -0.05) is 23.8 Å². The summed E-state index contributed by atoms with van der Waals surface area (Å²) in [5.74, 6) is 0.540. The summed E-state index contributed by atoms with van der Waals surface area (Å²) in [7, 11) is 0. The van der Waals surface area contributed by atoms with Gasteiger partial charge in [-0.15, -0.1) is 0 Å². The van der Waals surface area contributed by atoms with Gasteiger partial charge >= 0.3 is 11.3 Å². The van der Waals surface area contributed by atoms with Gasteiger partial charge in [0.2, 0.25) is 0 Å². The molecule has 0 unspecified atom stereocenters. The third-order valence-corrected chi connectivity index (χ3v) is 3.62. The molecule has 0 amide bonds. The number of aryl methyl sites for hydroxylation is 1. The van der Waals surface area contributed by atoms with Gasteiger partial charge in [-0.25, -0.2) is 0 Å². The molecule has 0 saturated carbocycles. The molecule has 5 nitrogen and oxygen atoms in total. The Labute approximate surface area is 124 Å². The van der Waals surface area contributed by atoms with Gasteiger partial charge in [0, 0.05) is 12.4 Å². The van der Waals surface area contributed by atoms with E-state index in [0.717, 1.165) is 11.1 Å². The summed E-state index contributed by atoms with van der Waals surface area (Å²) in [4.78, 5) is 8.44. The number of rotatable bonds is 4. The lowest BCUT2D eigenvalue weighted by atomic mass is 10.2. The Morgan fingerprint density at radius 2 is 1.81 bits per heavy atom. The first-order chi connectivity index (χ1) is 10.2. The number of benzene rings is 2. The number of nitrogens with zero attached hydrogens (tertiary/aromatic N) is 2. The zero-order chi connectivity index (χ0) is 14.7. The molecule has 3 rings (SSSR count). The fourth-order valence-corrected chi connectivity index (χ4v) is 2.54. The molecule has 1 aromatic heterocycles. The Kier molecular flexibility index (Phi) is 3.79. The topological polar surface area (TPSA) is 64.1 Å². The van der Waals surface area contributed by atoms with Crippen molar-refractivity contribution in [2.75, 3.05) is 4.72 Å². The zero-order valence-electron chi connectivity index (χ0n) is 11.3. The molecule has 21 heavy (non-hydrogen) atoms. The summed E-state index contributed by atoms with van der Waals surface area (Å²) in [6.45, 7) is 1.98. The molecule has 0 fully saturated rings. The van der Waals surface area contributed by atoms with Crippen molar-refractivity contribution in [3.8, 4) is 5.75 Å². The van der Waals surface area contributed by atoms with Crippen molar-refractivity contribution in [3.05, 3.63) is 60.4 Å². The number of aromatic nitrogens is 2. The third-order valence-electron chi connectivity index (χ3n) is 2.88. The second kappa shape index (κ2) is 5.88. The van der Waals surface area contributed by atoms with Crippen LogP contribution in [0.5, 0.6) is 5.75 Å². The van der Waals surface area contributed by atoms with Crippen LogP contribution in [0.4, 0.5) is 5.69 Å². The molecular formula is C15H13N3O2S. The summed E-state index contributed by atoms with van der Waals surface area (Å²) in [5.41, 5.74) is 3.12. The van der Waals surface area contributed by atoms with E-state index in [4.69, 9.17) is 4.18 Å². The van der Waals surface area contributed by atoms with Crippen LogP contribution in [0, 0.1) is 6.92 Å². The van der Waals surface area contributed by atoms with Crippen LogP contribution in [0.2, 0.25) is 0 Å². The zero-order valence-corrected chi connectivity index (χ0v) is 12.1. The first-order valence-electron chi connectivity index (χ1n) is 6.35. The van der Waals surface area contributed by atoms with E-state index in [0.29, 0.717) is 17.0 Å². The van der Waals surface area contributed by atoms with Crippen molar-refractivity contribution < 1.29 is 8.39 Å². The van der Waals surface area contributed by atoms with Crippen molar-refractivity contribution in [2.24, 2.45) is 0 Å². The summed E-state index contributed by atoms with van der Waals surface area (Å²) in [6, 6.07) is 12.8. The minimum Gasteiger partial charge on any atom is -0.385 e. The average molecular weight is 299 g/mol. The maximum absolute atomic E-state index is 12.0. The monoisotopic (exact) mass is 299 g/mol. The van der Waals surface area contributed by atoms with Crippen molar-refractivity contribution in [1.29, 1.82) is 0 Å². The van der Waals surface area contributed by atoms with Gasteiger partial charge in [0.25, 0.3) is 0 Å². The summed E-state index contributed by atoms with van der Waals surface area (Å²) >= 11 is -1.70. The fraction of sp³-hybridized carbons (Fsp3) is 0.0667. The van der Waals surface area contributed by atoms with Gasteiger partial charge in [-0.2, -0.15) is 4.21 Å². The molecule has 106 valence electrons. The average Bonchev–Trinajstić information content (AvgIpc) is 2.50. The first kappa shape index (κ1) is 13.5. The summed E-state index contributed by atoms with van der Waals surface area (Å²) < 4.78 is 20.2. The van der Waals surface area contributed by atoms with Crippen molar-refractivity contribution >= 4 is 28.0 Å². The van der Waals surface area contributed by atoms with E-state index in [1.807, 2.05) is 31.2 Å². The van der Waals surface area contributed by atoms with Crippen LogP contribution in [0.25, 0.3) is 11.0 Å². The quantitative estimate of drug-likeness (QED) is 0.804. The third kappa shape index (κ3) is 3.17. The van der Waals surface area contributed by atoms with Crippen LogP contribution in [-0.2, 0) is 11.3 Å². The van der Waals surface area contributed by atoms with E-state index >= 15 is 0 Å². The van der Waals surface area contributed by atoms with Crippen LogP contribution < -0.4 is 8.91 Å². The summed E-state index contributed by atoms with van der Waals surface area (Å²) in [6.07, 6.45) is 3.21. The van der Waals surface area contributed by atoms with Crippen LogP contribution in [0.15, 0.2) is 54.9 Å². The molecule has 0 aliphatic heterocycles. The number of anilines is 1. The smallest absolute Gasteiger partial charge is 0.316 e. The largest absolute Gasteiger partial charge is 0.385 e. The molecule has 0 bridgehead atoms. The van der Waals surface area contributed by atoms with Crippen molar-refractivity contribution in [1.82, 2.24) is 9.97 Å². The predicted molar refractivity (Wildman–Crippen MR) is 83.1 cm³/mol. The van der Waals surface area contributed by atoms with Crippen LogP contribution in [-0.4, -0.2) is 14.2 Å². The molecule has 0 radical (unpaired) electrons. The lowest BCUT2D eigenvalue weighted by Gasteiger charge is -2.08. The molecule has 3 aromatic rings. The highest BCUT2D eigenvalue weighted by molar-refractivity contribution is 7.82. The van der Waals surface area contributed by atoms with E-state index in [1.54, 1.807) is 30.6 Å². The lowest BCUT2D eigenvalue weighted by molar-refractivity contribution is 0.567. The Morgan fingerprint density at radius 1 is 1.05 bits per heavy atom. The van der Waals surface area contributed by atoms with Gasteiger partial charge < -0.3 is 4.18 Å². The Morgan fingerprint density at radius 3 is 2.62 bits per heavy atom. The molecule has 0 saturated heterocycles. The van der Waals surface area contributed by atoms with Crippen LogP contribution in [0.1, 0.15) is 5.56 Å². The number of para-hydroxylation sites is 1. The number of hydrogen-bond acceptors (Lipinski definition) is 4. The van der Waals surface area contributed by atoms with E-state index in [-0.39, 0.29) is 0 Å². The second-order valence-electron chi connectivity index (χ2n) is 4.46. The highest BCUT2D eigenvalue weighted by Gasteiger charge is 2.07. The van der Waals surface area contributed by atoms with Crippen LogP contribution >= 0.6 is 0 Å². The van der Waals surface area contributed by atoms with Crippen LogP contribution in [0.3, 0.4) is 0 Å². The molecule has 0 aliphatic carbocycles. The fourth-order valence-electron chi connectivity index (χ4n) is 1.87. The maximum Gasteiger partial charge on any atom is 0.316 e. The molecule has 1 atom stereocenters. The molecule has 1 heterocycles.